The van der Waals surface area contributed by atoms with Gasteiger partial charge < -0.3 is 10.6 Å². The molecule has 0 radical (unpaired) electrons. The molecule has 180 valence electrons. The van der Waals surface area contributed by atoms with E-state index in [2.05, 4.69) is 76.5 Å². The molecule has 7 heteroatoms. The van der Waals surface area contributed by atoms with Crippen molar-refractivity contribution in [1.29, 1.82) is 0 Å². The summed E-state index contributed by atoms with van der Waals surface area (Å²) in [5, 5.41) is 7.05. The fourth-order valence-electron chi connectivity index (χ4n) is 4.16. The molecule has 0 aliphatic heterocycles. The van der Waals surface area contributed by atoms with E-state index in [1.54, 1.807) is 25.6 Å². The summed E-state index contributed by atoms with van der Waals surface area (Å²) in [7, 11) is 1.64. The Bertz CT molecular complexity index is 1330. The van der Waals surface area contributed by atoms with Crippen LogP contribution in [-0.4, -0.2) is 39.4 Å². The maximum Gasteiger partial charge on any atom is 0.251 e. The standard InChI is InChI=1S/C28H32N6O/c1-6-18(20-8-7-9-21-22(27(35)29-5)12-13-30-26(20)21)15-32-25-14-23(33-17-34-25)19-10-11-24(31-16-19)28(2,3)4/h7-14,16-18H,6,15H2,1-5H3,(H,29,35)(H,32,33,34). The van der Waals surface area contributed by atoms with Crippen molar-refractivity contribution in [3.05, 3.63) is 78.0 Å². The summed E-state index contributed by atoms with van der Waals surface area (Å²) < 4.78 is 0. The molecule has 0 saturated heterocycles. The van der Waals surface area contributed by atoms with E-state index in [1.807, 2.05) is 24.4 Å². The van der Waals surface area contributed by atoms with Gasteiger partial charge in [-0.25, -0.2) is 9.97 Å². The number of amides is 1. The summed E-state index contributed by atoms with van der Waals surface area (Å²) in [6.07, 6.45) is 6.05. The molecule has 1 aromatic carbocycles. The SMILES string of the molecule is CCC(CNc1cc(-c2ccc(C(C)(C)C)nc2)ncn1)c1cccc2c(C(=O)NC)ccnc12. The molecule has 0 aliphatic carbocycles. The number of pyridine rings is 2. The van der Waals surface area contributed by atoms with Crippen LogP contribution in [0, 0.1) is 0 Å². The van der Waals surface area contributed by atoms with Gasteiger partial charge in [-0.3, -0.25) is 14.8 Å². The number of carbonyl (C=O) groups excluding carboxylic acids is 1. The number of fused-ring (bicyclic) bond motifs is 1. The third kappa shape index (κ3) is 5.29. The summed E-state index contributed by atoms with van der Waals surface area (Å²) in [4.78, 5) is 30.4. The molecule has 0 saturated carbocycles. The van der Waals surface area contributed by atoms with Gasteiger partial charge in [-0.05, 0) is 30.2 Å². The Morgan fingerprint density at radius 1 is 1.03 bits per heavy atom. The number of rotatable bonds is 7. The summed E-state index contributed by atoms with van der Waals surface area (Å²) in [5.74, 6) is 0.837. The molecule has 0 bridgehead atoms. The smallest absolute Gasteiger partial charge is 0.251 e. The van der Waals surface area contributed by atoms with E-state index in [-0.39, 0.29) is 17.2 Å². The molecule has 0 fully saturated rings. The number of benzene rings is 1. The van der Waals surface area contributed by atoms with Gasteiger partial charge in [0, 0.05) is 60.0 Å². The predicted molar refractivity (Wildman–Crippen MR) is 141 cm³/mol. The zero-order valence-corrected chi connectivity index (χ0v) is 21.0. The van der Waals surface area contributed by atoms with Gasteiger partial charge in [0.2, 0.25) is 0 Å². The van der Waals surface area contributed by atoms with Crippen molar-refractivity contribution in [3.63, 3.8) is 0 Å². The Morgan fingerprint density at radius 2 is 1.86 bits per heavy atom. The van der Waals surface area contributed by atoms with Crippen molar-refractivity contribution in [3.8, 4) is 11.3 Å². The molecule has 35 heavy (non-hydrogen) atoms. The van der Waals surface area contributed by atoms with Crippen LogP contribution in [0.2, 0.25) is 0 Å². The van der Waals surface area contributed by atoms with Crippen LogP contribution in [-0.2, 0) is 5.41 Å². The molecule has 7 nitrogen and oxygen atoms in total. The Hall–Kier alpha value is -3.87. The first kappa shape index (κ1) is 24.3. The van der Waals surface area contributed by atoms with Gasteiger partial charge in [0.15, 0.2) is 0 Å². The number of aromatic nitrogens is 4. The Labute approximate surface area is 206 Å². The van der Waals surface area contributed by atoms with Gasteiger partial charge in [0.1, 0.15) is 12.1 Å². The minimum absolute atomic E-state index is 0.00363. The maximum atomic E-state index is 12.3. The summed E-state index contributed by atoms with van der Waals surface area (Å²) >= 11 is 0. The van der Waals surface area contributed by atoms with E-state index in [0.29, 0.717) is 12.1 Å². The van der Waals surface area contributed by atoms with Gasteiger partial charge in [-0.15, -0.1) is 0 Å². The van der Waals surface area contributed by atoms with E-state index < -0.39 is 0 Å². The van der Waals surface area contributed by atoms with Crippen LogP contribution in [0.15, 0.2) is 61.2 Å². The zero-order chi connectivity index (χ0) is 25.0. The Balaban J connectivity index is 1.56. The average Bonchev–Trinajstić information content (AvgIpc) is 2.88. The number of hydrogen-bond donors (Lipinski definition) is 2. The summed E-state index contributed by atoms with van der Waals surface area (Å²) in [6.45, 7) is 9.28. The number of nitrogens with zero attached hydrogens (tertiary/aromatic N) is 4. The highest BCUT2D eigenvalue weighted by molar-refractivity contribution is 6.06. The lowest BCUT2D eigenvalue weighted by Crippen LogP contribution is -2.18. The molecule has 3 aromatic heterocycles. The number of para-hydroxylation sites is 1. The van der Waals surface area contributed by atoms with Crippen molar-refractivity contribution < 1.29 is 4.79 Å². The van der Waals surface area contributed by atoms with Crippen LogP contribution in [0.1, 0.15) is 61.6 Å². The second kappa shape index (κ2) is 10.2. The molecule has 3 heterocycles. The van der Waals surface area contributed by atoms with Gasteiger partial charge in [0.05, 0.1) is 16.8 Å². The minimum atomic E-state index is -0.112. The quantitative estimate of drug-likeness (QED) is 0.380. The molecule has 4 aromatic rings. The number of hydrogen-bond acceptors (Lipinski definition) is 6. The average molecular weight is 469 g/mol. The molecule has 4 rings (SSSR count). The first-order chi connectivity index (χ1) is 16.8. The third-order valence-corrected chi connectivity index (χ3v) is 6.23. The Kier molecular flexibility index (Phi) is 7.05. The van der Waals surface area contributed by atoms with Crippen molar-refractivity contribution >= 4 is 22.6 Å². The fraction of sp³-hybridized carbons (Fsp3) is 0.321. The number of anilines is 1. The first-order valence-electron chi connectivity index (χ1n) is 11.9. The van der Waals surface area contributed by atoms with E-state index in [9.17, 15) is 4.79 Å². The van der Waals surface area contributed by atoms with Crippen molar-refractivity contribution in [2.24, 2.45) is 0 Å². The molecule has 1 atom stereocenters. The second-order valence-corrected chi connectivity index (χ2v) is 9.64. The van der Waals surface area contributed by atoms with Crippen LogP contribution < -0.4 is 10.6 Å². The topological polar surface area (TPSA) is 92.7 Å². The van der Waals surface area contributed by atoms with Crippen LogP contribution in [0.4, 0.5) is 5.82 Å². The highest BCUT2D eigenvalue weighted by Gasteiger charge is 2.18. The molecular formula is C28H32N6O. The summed E-state index contributed by atoms with van der Waals surface area (Å²) in [6, 6.07) is 13.9. The first-order valence-corrected chi connectivity index (χ1v) is 11.9. The van der Waals surface area contributed by atoms with Crippen molar-refractivity contribution in [2.45, 2.75) is 45.4 Å². The lowest BCUT2D eigenvalue weighted by Gasteiger charge is -2.19. The number of nitrogens with one attached hydrogen (secondary N) is 2. The van der Waals surface area contributed by atoms with Crippen LogP contribution in [0.5, 0.6) is 0 Å². The van der Waals surface area contributed by atoms with Gasteiger partial charge in [-0.2, -0.15) is 0 Å². The fourth-order valence-corrected chi connectivity index (χ4v) is 4.16. The molecule has 1 amide bonds. The van der Waals surface area contributed by atoms with Crippen LogP contribution in [0.25, 0.3) is 22.2 Å². The van der Waals surface area contributed by atoms with Gasteiger partial charge >= 0.3 is 0 Å². The largest absolute Gasteiger partial charge is 0.369 e. The molecule has 0 spiro atoms. The highest BCUT2D eigenvalue weighted by Crippen LogP contribution is 2.29. The molecule has 2 N–H and O–H groups in total. The molecule has 0 aliphatic rings. The lowest BCUT2D eigenvalue weighted by molar-refractivity contribution is 0.0964. The lowest BCUT2D eigenvalue weighted by atomic mass is 9.91. The zero-order valence-electron chi connectivity index (χ0n) is 21.0. The van der Waals surface area contributed by atoms with Gasteiger partial charge in [-0.1, -0.05) is 45.9 Å². The van der Waals surface area contributed by atoms with E-state index in [1.165, 1.54) is 0 Å². The summed E-state index contributed by atoms with van der Waals surface area (Å²) in [5.41, 5.74) is 5.43. The predicted octanol–water partition coefficient (Wildman–Crippen LogP) is 5.35. The van der Waals surface area contributed by atoms with Crippen molar-refractivity contribution in [2.75, 3.05) is 18.9 Å². The monoisotopic (exact) mass is 468 g/mol. The second-order valence-electron chi connectivity index (χ2n) is 9.64. The van der Waals surface area contributed by atoms with Crippen LogP contribution in [0.3, 0.4) is 0 Å². The van der Waals surface area contributed by atoms with Gasteiger partial charge in [0.25, 0.3) is 5.91 Å². The number of carbonyl (C=O) groups is 1. The van der Waals surface area contributed by atoms with E-state index >= 15 is 0 Å². The molecule has 1 unspecified atom stereocenters. The maximum absolute atomic E-state index is 12.3. The molecular weight excluding hydrogens is 436 g/mol. The van der Waals surface area contributed by atoms with Crippen molar-refractivity contribution in [1.82, 2.24) is 25.3 Å². The van der Waals surface area contributed by atoms with E-state index in [0.717, 1.165) is 45.7 Å². The third-order valence-electron chi connectivity index (χ3n) is 6.23. The van der Waals surface area contributed by atoms with Crippen LogP contribution >= 0.6 is 0 Å². The Morgan fingerprint density at radius 3 is 2.54 bits per heavy atom. The normalized spacial score (nSPS) is 12.4. The van der Waals surface area contributed by atoms with E-state index in [4.69, 9.17) is 0 Å². The highest BCUT2D eigenvalue weighted by atomic mass is 16.1. The minimum Gasteiger partial charge on any atom is -0.369 e.